The molecule has 5 heteroatoms. The summed E-state index contributed by atoms with van der Waals surface area (Å²) in [6.07, 6.45) is 3.64. The van der Waals surface area contributed by atoms with Crippen LogP contribution in [0.4, 0.5) is 11.5 Å². The summed E-state index contributed by atoms with van der Waals surface area (Å²) < 4.78 is 0. The second kappa shape index (κ2) is 11.8. The van der Waals surface area contributed by atoms with E-state index in [-0.39, 0.29) is 11.8 Å². The maximum atomic E-state index is 12.9. The summed E-state index contributed by atoms with van der Waals surface area (Å²) in [6, 6.07) is 23.9. The zero-order valence-electron chi connectivity index (χ0n) is 20.5. The second-order valence-electron chi connectivity index (χ2n) is 7.78. The average molecular weight is 453 g/mol. The molecule has 5 nitrogen and oxygen atoms in total. The maximum Gasteiger partial charge on any atom is 0.231 e. The van der Waals surface area contributed by atoms with Gasteiger partial charge in [-0.1, -0.05) is 50.2 Å². The van der Waals surface area contributed by atoms with Gasteiger partial charge < -0.3 is 10.6 Å². The van der Waals surface area contributed by atoms with E-state index in [2.05, 4.69) is 26.7 Å². The van der Waals surface area contributed by atoms with Gasteiger partial charge in [0.15, 0.2) is 0 Å². The van der Waals surface area contributed by atoms with Gasteiger partial charge in [-0.15, -0.1) is 0 Å². The summed E-state index contributed by atoms with van der Waals surface area (Å²) in [5.41, 5.74) is 6.96. The Morgan fingerprint density at radius 3 is 2.18 bits per heavy atom. The van der Waals surface area contributed by atoms with E-state index in [0.717, 1.165) is 45.0 Å². The van der Waals surface area contributed by atoms with Gasteiger partial charge in [0.05, 0.1) is 5.92 Å². The van der Waals surface area contributed by atoms with E-state index in [1.807, 2.05) is 108 Å². The van der Waals surface area contributed by atoms with Crippen molar-refractivity contribution in [3.8, 4) is 22.3 Å². The van der Waals surface area contributed by atoms with Crippen LogP contribution >= 0.6 is 0 Å². The molecule has 0 spiro atoms. The number of carbonyl (C=O) groups is 1. The minimum absolute atomic E-state index is 0.0432. The van der Waals surface area contributed by atoms with Crippen molar-refractivity contribution in [1.29, 1.82) is 0 Å². The molecule has 2 N–H and O–H groups in total. The predicted molar refractivity (Wildman–Crippen MR) is 142 cm³/mol. The van der Waals surface area contributed by atoms with Crippen molar-refractivity contribution in [3.63, 3.8) is 0 Å². The van der Waals surface area contributed by atoms with Crippen molar-refractivity contribution in [2.24, 2.45) is 0 Å². The first-order chi connectivity index (χ1) is 16.5. The van der Waals surface area contributed by atoms with Crippen LogP contribution in [0.25, 0.3) is 22.3 Å². The van der Waals surface area contributed by atoms with Gasteiger partial charge in [-0.25, -0.2) is 4.98 Å². The van der Waals surface area contributed by atoms with Crippen molar-refractivity contribution >= 4 is 17.4 Å². The number of hydrogen-bond acceptors (Lipinski definition) is 4. The lowest BCUT2D eigenvalue weighted by Gasteiger charge is -2.14. The summed E-state index contributed by atoms with van der Waals surface area (Å²) in [6.45, 7) is 7.90. The number of nitrogens with one attached hydrogen (secondary N) is 2. The van der Waals surface area contributed by atoms with Gasteiger partial charge >= 0.3 is 0 Å². The number of benzene rings is 2. The molecule has 0 aliphatic heterocycles. The highest BCUT2D eigenvalue weighted by Crippen LogP contribution is 2.26. The van der Waals surface area contributed by atoms with Gasteiger partial charge in [0.1, 0.15) is 5.82 Å². The van der Waals surface area contributed by atoms with Crippen molar-refractivity contribution in [1.82, 2.24) is 9.97 Å². The fraction of sp³-hybridized carbons (Fsp3) is 0.207. The average Bonchev–Trinajstić information content (AvgIpc) is 2.90. The van der Waals surface area contributed by atoms with Gasteiger partial charge in [0, 0.05) is 36.4 Å². The van der Waals surface area contributed by atoms with Crippen molar-refractivity contribution in [2.75, 3.05) is 17.7 Å². The Morgan fingerprint density at radius 1 is 0.824 bits per heavy atom. The topological polar surface area (TPSA) is 66.9 Å². The number of pyridine rings is 2. The van der Waals surface area contributed by atoms with Gasteiger partial charge in [-0.3, -0.25) is 9.78 Å². The first-order valence-electron chi connectivity index (χ1n) is 11.6. The minimum Gasteiger partial charge on any atom is -0.373 e. The van der Waals surface area contributed by atoms with Crippen LogP contribution in [0.3, 0.4) is 0 Å². The van der Waals surface area contributed by atoms with Gasteiger partial charge in [-0.2, -0.15) is 0 Å². The fourth-order valence-corrected chi connectivity index (χ4v) is 3.57. The molecule has 2 aromatic heterocycles. The summed E-state index contributed by atoms with van der Waals surface area (Å²) >= 11 is 0. The molecule has 2 aromatic carbocycles. The zero-order chi connectivity index (χ0) is 24.5. The second-order valence-corrected chi connectivity index (χ2v) is 7.78. The highest BCUT2D eigenvalue weighted by Gasteiger charge is 2.16. The SMILES string of the molecule is CC.CNc1ccc(-c2cccc(C(C)C(=O)Nc3ccc(-c4ccnc(C)c4)cc3)c2)cn1. The van der Waals surface area contributed by atoms with E-state index in [0.29, 0.717) is 0 Å². The Morgan fingerprint density at radius 2 is 1.53 bits per heavy atom. The van der Waals surface area contributed by atoms with Crippen LogP contribution in [0.2, 0.25) is 0 Å². The Balaban J connectivity index is 0.00000158. The highest BCUT2D eigenvalue weighted by atomic mass is 16.1. The smallest absolute Gasteiger partial charge is 0.231 e. The standard InChI is InChI=1S/C27H26N4O.C2H6/c1-18-15-23(13-14-29-18)20-7-10-25(11-8-20)31-27(32)19(2)21-5-4-6-22(16-21)24-9-12-26(28-3)30-17-24;1-2/h4-17,19H,1-3H3,(H,28,30)(H,31,32);1-2H3. The van der Waals surface area contributed by atoms with Crippen molar-refractivity contribution in [3.05, 3.63) is 96.4 Å². The van der Waals surface area contributed by atoms with Gasteiger partial charge in [0.25, 0.3) is 0 Å². The maximum absolute atomic E-state index is 12.9. The van der Waals surface area contributed by atoms with E-state index in [1.165, 1.54) is 0 Å². The summed E-state index contributed by atoms with van der Waals surface area (Å²) in [5, 5.41) is 6.05. The van der Waals surface area contributed by atoms with Crippen molar-refractivity contribution in [2.45, 2.75) is 33.6 Å². The van der Waals surface area contributed by atoms with Crippen LogP contribution in [-0.4, -0.2) is 22.9 Å². The van der Waals surface area contributed by atoms with E-state index >= 15 is 0 Å². The summed E-state index contributed by atoms with van der Waals surface area (Å²) in [7, 11) is 1.84. The molecule has 0 aliphatic carbocycles. The van der Waals surface area contributed by atoms with Crippen LogP contribution in [-0.2, 0) is 4.79 Å². The molecule has 0 saturated carbocycles. The summed E-state index contributed by atoms with van der Waals surface area (Å²) in [4.78, 5) is 21.5. The fourth-order valence-electron chi connectivity index (χ4n) is 3.57. The lowest BCUT2D eigenvalue weighted by atomic mass is 9.96. The van der Waals surface area contributed by atoms with E-state index in [1.54, 1.807) is 6.20 Å². The predicted octanol–water partition coefficient (Wildman–Crippen LogP) is 6.93. The number of amides is 1. The molecule has 4 rings (SSSR count). The molecule has 1 atom stereocenters. The number of nitrogens with zero attached hydrogens (tertiary/aromatic N) is 2. The number of aromatic nitrogens is 2. The molecular weight excluding hydrogens is 420 g/mol. The third-order valence-corrected chi connectivity index (χ3v) is 5.52. The van der Waals surface area contributed by atoms with Crippen LogP contribution in [0.5, 0.6) is 0 Å². The molecular formula is C29H32N4O. The van der Waals surface area contributed by atoms with Crippen LogP contribution in [0, 0.1) is 6.92 Å². The van der Waals surface area contributed by atoms with Crippen molar-refractivity contribution < 1.29 is 4.79 Å². The lowest BCUT2D eigenvalue weighted by molar-refractivity contribution is -0.117. The number of anilines is 2. The lowest BCUT2D eigenvalue weighted by Crippen LogP contribution is -2.18. The monoisotopic (exact) mass is 452 g/mol. The first-order valence-corrected chi connectivity index (χ1v) is 11.6. The first kappa shape index (κ1) is 24.6. The van der Waals surface area contributed by atoms with E-state index in [4.69, 9.17) is 0 Å². The Labute approximate surface area is 202 Å². The molecule has 4 aromatic rings. The third kappa shape index (κ3) is 6.07. The quantitative estimate of drug-likeness (QED) is 0.333. The molecule has 0 bridgehead atoms. The van der Waals surface area contributed by atoms with Crippen LogP contribution < -0.4 is 10.6 Å². The molecule has 0 fully saturated rings. The number of carbonyl (C=O) groups excluding carboxylic acids is 1. The molecule has 174 valence electrons. The Bertz CT molecular complexity index is 1220. The molecule has 0 aliphatic rings. The number of rotatable bonds is 6. The minimum atomic E-state index is -0.290. The molecule has 0 radical (unpaired) electrons. The molecule has 0 saturated heterocycles. The molecule has 1 amide bonds. The normalized spacial score (nSPS) is 11.1. The summed E-state index contributed by atoms with van der Waals surface area (Å²) in [5.74, 6) is 0.489. The van der Waals surface area contributed by atoms with E-state index in [9.17, 15) is 4.79 Å². The highest BCUT2D eigenvalue weighted by molar-refractivity contribution is 5.96. The van der Waals surface area contributed by atoms with Crippen LogP contribution in [0.1, 0.15) is 37.9 Å². The molecule has 2 heterocycles. The molecule has 1 unspecified atom stereocenters. The molecule has 34 heavy (non-hydrogen) atoms. The van der Waals surface area contributed by atoms with Gasteiger partial charge in [0.2, 0.25) is 5.91 Å². The number of hydrogen-bond donors (Lipinski definition) is 2. The third-order valence-electron chi connectivity index (χ3n) is 5.52. The number of aryl methyl sites for hydroxylation is 1. The Kier molecular flexibility index (Phi) is 8.52. The largest absolute Gasteiger partial charge is 0.373 e. The zero-order valence-corrected chi connectivity index (χ0v) is 20.5. The Hall–Kier alpha value is -3.99. The van der Waals surface area contributed by atoms with Gasteiger partial charge in [-0.05, 0) is 72.5 Å². The van der Waals surface area contributed by atoms with Crippen LogP contribution in [0.15, 0.2) is 85.2 Å². The van der Waals surface area contributed by atoms with E-state index < -0.39 is 0 Å².